The molecule has 1 rings (SSSR count). The van der Waals surface area contributed by atoms with E-state index in [1.165, 1.54) is 14.2 Å². The molecule has 1 amide bonds. The number of anilines is 1. The second kappa shape index (κ2) is 8.14. The molecule has 0 fully saturated rings. The zero-order valence-corrected chi connectivity index (χ0v) is 12.6. The summed E-state index contributed by atoms with van der Waals surface area (Å²) in [6.45, 7) is 2.01. The van der Waals surface area contributed by atoms with Crippen LogP contribution < -0.4 is 15.8 Å². The number of nitrogens with two attached hydrogens (primary N) is 1. The van der Waals surface area contributed by atoms with Crippen molar-refractivity contribution in [2.75, 3.05) is 20.0 Å². The van der Waals surface area contributed by atoms with E-state index in [4.69, 9.17) is 15.2 Å². The number of esters is 1. The molecule has 0 aliphatic rings. The van der Waals surface area contributed by atoms with Crippen molar-refractivity contribution in [2.24, 2.45) is 0 Å². The predicted molar refractivity (Wildman–Crippen MR) is 80.2 cm³/mol. The maximum absolute atomic E-state index is 12.2. The molecule has 116 valence electrons. The second-order valence-electron chi connectivity index (χ2n) is 4.64. The Morgan fingerprint density at radius 1 is 1.33 bits per heavy atom. The van der Waals surface area contributed by atoms with Gasteiger partial charge < -0.3 is 20.5 Å². The minimum Gasteiger partial charge on any atom is -0.497 e. The summed E-state index contributed by atoms with van der Waals surface area (Å²) in [6.07, 6.45) is 2.27. The number of hydrogen-bond acceptors (Lipinski definition) is 5. The number of nitrogen functional groups attached to an aromatic ring is 1. The lowest BCUT2D eigenvalue weighted by Gasteiger charge is -2.17. The summed E-state index contributed by atoms with van der Waals surface area (Å²) in [5, 5.41) is 2.66. The van der Waals surface area contributed by atoms with E-state index in [9.17, 15) is 9.59 Å². The van der Waals surface area contributed by atoms with Crippen LogP contribution in [0.1, 0.15) is 36.5 Å². The largest absolute Gasteiger partial charge is 0.497 e. The molecule has 1 aromatic carbocycles. The first-order valence-corrected chi connectivity index (χ1v) is 6.85. The number of carbonyl (C=O) groups is 2. The van der Waals surface area contributed by atoms with E-state index in [1.54, 1.807) is 18.2 Å². The van der Waals surface area contributed by atoms with Gasteiger partial charge in [0.05, 0.1) is 19.8 Å². The molecule has 21 heavy (non-hydrogen) atoms. The SMILES string of the molecule is CCCC[C@H](NC(=O)c1ccc(OC)cc1N)C(=O)OC. The summed E-state index contributed by atoms with van der Waals surface area (Å²) in [6, 6.07) is 4.11. The van der Waals surface area contributed by atoms with E-state index in [2.05, 4.69) is 5.32 Å². The summed E-state index contributed by atoms with van der Waals surface area (Å²) in [4.78, 5) is 23.9. The van der Waals surface area contributed by atoms with Crippen molar-refractivity contribution in [1.82, 2.24) is 5.32 Å². The Hall–Kier alpha value is -2.24. The molecule has 0 saturated carbocycles. The zero-order valence-electron chi connectivity index (χ0n) is 12.6. The van der Waals surface area contributed by atoms with Crippen molar-refractivity contribution in [3.63, 3.8) is 0 Å². The van der Waals surface area contributed by atoms with Crippen molar-refractivity contribution in [3.8, 4) is 5.75 Å². The van der Waals surface area contributed by atoms with Crippen LogP contribution in [0.5, 0.6) is 5.75 Å². The lowest BCUT2D eigenvalue weighted by Crippen LogP contribution is -2.41. The second-order valence-corrected chi connectivity index (χ2v) is 4.64. The molecule has 1 aromatic rings. The maximum Gasteiger partial charge on any atom is 0.328 e. The fourth-order valence-electron chi connectivity index (χ4n) is 1.91. The van der Waals surface area contributed by atoms with Gasteiger partial charge in [-0.05, 0) is 18.6 Å². The molecule has 0 unspecified atom stereocenters. The molecular formula is C15H22N2O4. The Balaban J connectivity index is 2.83. The normalized spacial score (nSPS) is 11.6. The van der Waals surface area contributed by atoms with Crippen LogP contribution in [0.3, 0.4) is 0 Å². The molecule has 0 bridgehead atoms. The van der Waals surface area contributed by atoms with E-state index >= 15 is 0 Å². The molecule has 6 heteroatoms. The van der Waals surface area contributed by atoms with E-state index in [0.717, 1.165) is 12.8 Å². The van der Waals surface area contributed by atoms with Crippen molar-refractivity contribution in [2.45, 2.75) is 32.2 Å². The Kier molecular flexibility index (Phi) is 6.52. The third-order valence-electron chi connectivity index (χ3n) is 3.14. The third kappa shape index (κ3) is 4.66. The van der Waals surface area contributed by atoms with Crippen LogP contribution in [-0.2, 0) is 9.53 Å². The van der Waals surface area contributed by atoms with Gasteiger partial charge in [0, 0.05) is 11.8 Å². The van der Waals surface area contributed by atoms with E-state index in [1.807, 2.05) is 6.92 Å². The van der Waals surface area contributed by atoms with Crippen LogP contribution in [0.4, 0.5) is 5.69 Å². The molecule has 0 aromatic heterocycles. The van der Waals surface area contributed by atoms with Gasteiger partial charge in [0.15, 0.2) is 0 Å². The Morgan fingerprint density at radius 2 is 2.05 bits per heavy atom. The average molecular weight is 294 g/mol. The zero-order chi connectivity index (χ0) is 15.8. The molecule has 0 heterocycles. The Bertz CT molecular complexity index is 502. The summed E-state index contributed by atoms with van der Waals surface area (Å²) in [5.41, 5.74) is 6.43. The number of ether oxygens (including phenoxy) is 2. The van der Waals surface area contributed by atoms with Gasteiger partial charge in [-0.3, -0.25) is 4.79 Å². The van der Waals surface area contributed by atoms with Crippen LogP contribution in [0.2, 0.25) is 0 Å². The van der Waals surface area contributed by atoms with Gasteiger partial charge in [0.25, 0.3) is 5.91 Å². The highest BCUT2D eigenvalue weighted by molar-refractivity contribution is 6.01. The van der Waals surface area contributed by atoms with Crippen molar-refractivity contribution in [1.29, 1.82) is 0 Å². The average Bonchev–Trinajstić information content (AvgIpc) is 2.50. The first-order valence-electron chi connectivity index (χ1n) is 6.85. The number of methoxy groups -OCH3 is 2. The van der Waals surface area contributed by atoms with E-state index in [-0.39, 0.29) is 0 Å². The number of nitrogens with one attached hydrogen (secondary N) is 1. The fourth-order valence-corrected chi connectivity index (χ4v) is 1.91. The molecule has 1 atom stereocenters. The quantitative estimate of drug-likeness (QED) is 0.590. The number of unbranched alkanes of at least 4 members (excludes halogenated alkanes) is 1. The summed E-state index contributed by atoms with van der Waals surface area (Å²) >= 11 is 0. The third-order valence-corrected chi connectivity index (χ3v) is 3.14. The number of benzene rings is 1. The van der Waals surface area contributed by atoms with Gasteiger partial charge in [-0.2, -0.15) is 0 Å². The lowest BCUT2D eigenvalue weighted by molar-refractivity contribution is -0.143. The predicted octanol–water partition coefficient (Wildman–Crippen LogP) is 1.74. The maximum atomic E-state index is 12.2. The molecule has 3 N–H and O–H groups in total. The molecular weight excluding hydrogens is 272 g/mol. The van der Waals surface area contributed by atoms with Gasteiger partial charge in [0.1, 0.15) is 11.8 Å². The van der Waals surface area contributed by atoms with Crippen LogP contribution in [0.15, 0.2) is 18.2 Å². The highest BCUT2D eigenvalue weighted by Crippen LogP contribution is 2.19. The van der Waals surface area contributed by atoms with E-state index < -0.39 is 17.9 Å². The Labute approximate surface area is 124 Å². The first-order chi connectivity index (χ1) is 10.0. The van der Waals surface area contributed by atoms with Crippen molar-refractivity contribution in [3.05, 3.63) is 23.8 Å². The number of carbonyl (C=O) groups excluding carboxylic acids is 2. The number of rotatable bonds is 7. The number of hydrogen-bond donors (Lipinski definition) is 2. The Morgan fingerprint density at radius 3 is 2.57 bits per heavy atom. The molecule has 6 nitrogen and oxygen atoms in total. The van der Waals surface area contributed by atoms with E-state index in [0.29, 0.717) is 23.4 Å². The topological polar surface area (TPSA) is 90.6 Å². The van der Waals surface area contributed by atoms with Crippen LogP contribution in [0, 0.1) is 0 Å². The van der Waals surface area contributed by atoms with Gasteiger partial charge in [-0.15, -0.1) is 0 Å². The van der Waals surface area contributed by atoms with Gasteiger partial charge >= 0.3 is 5.97 Å². The van der Waals surface area contributed by atoms with Crippen molar-refractivity contribution < 1.29 is 19.1 Å². The smallest absolute Gasteiger partial charge is 0.328 e. The molecule has 0 aliphatic carbocycles. The fraction of sp³-hybridized carbons (Fsp3) is 0.467. The summed E-state index contributed by atoms with van der Waals surface area (Å²) in [5.74, 6) is -0.287. The van der Waals surface area contributed by atoms with Crippen LogP contribution >= 0.6 is 0 Å². The van der Waals surface area contributed by atoms with Crippen LogP contribution in [0.25, 0.3) is 0 Å². The van der Waals surface area contributed by atoms with Gasteiger partial charge in [0.2, 0.25) is 0 Å². The van der Waals surface area contributed by atoms with Gasteiger partial charge in [-0.25, -0.2) is 4.79 Å². The minimum atomic E-state index is -0.663. The molecule has 0 saturated heterocycles. The monoisotopic (exact) mass is 294 g/mol. The highest BCUT2D eigenvalue weighted by Gasteiger charge is 2.22. The highest BCUT2D eigenvalue weighted by atomic mass is 16.5. The lowest BCUT2D eigenvalue weighted by atomic mass is 10.1. The molecule has 0 radical (unpaired) electrons. The van der Waals surface area contributed by atoms with Crippen molar-refractivity contribution >= 4 is 17.6 Å². The number of amides is 1. The minimum absolute atomic E-state index is 0.297. The van der Waals surface area contributed by atoms with Crippen LogP contribution in [-0.4, -0.2) is 32.1 Å². The molecule has 0 aliphatic heterocycles. The summed E-state index contributed by atoms with van der Waals surface area (Å²) in [7, 11) is 2.82. The van der Waals surface area contributed by atoms with Gasteiger partial charge in [-0.1, -0.05) is 19.8 Å². The molecule has 0 spiro atoms. The standard InChI is InChI=1S/C15H22N2O4/c1-4-5-6-13(15(19)21-3)17-14(18)11-8-7-10(20-2)9-12(11)16/h7-9,13H,4-6,16H2,1-3H3,(H,17,18)/t13-/m0/s1. The summed E-state index contributed by atoms with van der Waals surface area (Å²) < 4.78 is 9.74. The first kappa shape index (κ1) is 16.8.